The van der Waals surface area contributed by atoms with Gasteiger partial charge in [0, 0.05) is 61.2 Å². The lowest BCUT2D eigenvalue weighted by molar-refractivity contribution is -0.192. The topological polar surface area (TPSA) is 256 Å². The van der Waals surface area contributed by atoms with Gasteiger partial charge >= 0.3 is 18.1 Å². The van der Waals surface area contributed by atoms with Gasteiger partial charge in [-0.25, -0.2) is 13.6 Å². The molecule has 350 valence electrons. The smallest absolute Gasteiger partial charge is 0.480 e. The van der Waals surface area contributed by atoms with Crippen molar-refractivity contribution < 1.29 is 70.8 Å². The lowest BCUT2D eigenvalue weighted by Crippen LogP contribution is -2.47. The van der Waals surface area contributed by atoms with E-state index in [0.717, 1.165) is 40.4 Å². The first-order valence-corrected chi connectivity index (χ1v) is 20.8. The highest BCUT2D eigenvalue weighted by atomic mass is 32.2. The number of Topliss-reactive ketones (excluding diaryl/α,β-unsaturated/α-hetero) is 1. The van der Waals surface area contributed by atoms with Crippen molar-refractivity contribution in [2.24, 2.45) is 16.9 Å². The summed E-state index contributed by atoms with van der Waals surface area (Å²) >= 11 is 0.954. The van der Waals surface area contributed by atoms with Gasteiger partial charge in [0.1, 0.15) is 24.3 Å². The van der Waals surface area contributed by atoms with Gasteiger partial charge in [-0.3, -0.25) is 33.7 Å². The molecule has 16 nitrogen and oxygen atoms in total. The van der Waals surface area contributed by atoms with Crippen LogP contribution in [-0.4, -0.2) is 127 Å². The maximum atomic E-state index is 15.0. The molecular formula is C42H51F5N6O10S. The summed E-state index contributed by atoms with van der Waals surface area (Å²) in [7, 11) is 0. The molecular weight excluding hydrogens is 876 g/mol. The van der Waals surface area contributed by atoms with Crippen LogP contribution in [0.1, 0.15) is 63.8 Å². The first-order valence-electron chi connectivity index (χ1n) is 19.7. The number of amides is 4. The first kappa shape index (κ1) is 52.6. The van der Waals surface area contributed by atoms with Crippen molar-refractivity contribution in [3.05, 3.63) is 83.7 Å². The van der Waals surface area contributed by atoms with Crippen molar-refractivity contribution in [3.8, 4) is 11.1 Å². The van der Waals surface area contributed by atoms with E-state index < -0.39 is 101 Å². The summed E-state index contributed by atoms with van der Waals surface area (Å²) in [5.74, 6) is -8.01. The number of carbonyl (C=O) groups excluding carboxylic acids is 5. The highest BCUT2D eigenvalue weighted by Crippen LogP contribution is 2.41. The van der Waals surface area contributed by atoms with Gasteiger partial charge in [0.15, 0.2) is 5.78 Å². The summed E-state index contributed by atoms with van der Waals surface area (Å²) < 4.78 is 62.9. The minimum Gasteiger partial charge on any atom is -0.480 e. The quantitative estimate of drug-likeness (QED) is 0.0540. The SMILES string of the molecule is CC(C)(C)C(c1cc(-c2cc(F)ccc2F)cn1Cc1ccccc1)N(CC[C@H](N)C(=O)NCCCC(=O)CN1C(=O)CC(SC[C@H](N)C(=O)O)C1=O)C(=O)CO.O=C(O)C(F)(F)F. The Morgan fingerprint density at radius 1 is 0.969 bits per heavy atom. The number of halogens is 5. The number of rotatable bonds is 20. The Balaban J connectivity index is 0.00000143. The fraction of sp³-hybridized carbons (Fsp3) is 0.452. The summed E-state index contributed by atoms with van der Waals surface area (Å²) in [6.07, 6.45) is -3.42. The van der Waals surface area contributed by atoms with Crippen LogP contribution in [0.15, 0.2) is 60.8 Å². The third kappa shape index (κ3) is 15.2. The van der Waals surface area contributed by atoms with Gasteiger partial charge in [-0.1, -0.05) is 51.1 Å². The fourth-order valence-electron chi connectivity index (χ4n) is 6.63. The number of nitrogens with zero attached hydrogens (tertiary/aromatic N) is 3. The van der Waals surface area contributed by atoms with Crippen LogP contribution in [0.5, 0.6) is 0 Å². The number of carboxylic acid groups (broad SMARTS) is 2. The van der Waals surface area contributed by atoms with Gasteiger partial charge in [0.05, 0.1) is 23.9 Å². The second kappa shape index (κ2) is 23.3. The van der Waals surface area contributed by atoms with Gasteiger partial charge in [0.2, 0.25) is 23.6 Å². The Bertz CT molecular complexity index is 2150. The minimum absolute atomic E-state index is 0.0103. The van der Waals surface area contributed by atoms with Gasteiger partial charge in [0.25, 0.3) is 0 Å². The van der Waals surface area contributed by atoms with Gasteiger partial charge in [-0.15, -0.1) is 11.8 Å². The molecule has 4 rings (SSSR count). The standard InChI is InChI=1S/C40H50F2N6O8S.C2HF3O2/c1-40(2,3)36(32-16-25(28-17-26(41)11-12-29(28)42)20-46(32)19-24-8-5-4-6-9-24)47(35(52)22-49)15-13-30(43)37(53)45-14-7-10-27(50)21-48-34(51)18-33(38(48)54)57-23-31(44)39(55)56;3-2(4,5)1(6)7/h4-6,8-9,11-12,16-17,20,30-31,33,36,49H,7,10,13-15,18-19,21-23,43-44H2,1-3H3,(H,45,53)(H,55,56);(H,6,7)/t30-,31-,33?,36?;/m0./s1. The zero-order valence-electron chi connectivity index (χ0n) is 35.1. The van der Waals surface area contributed by atoms with E-state index in [-0.39, 0.29) is 50.1 Å². The second-order valence-electron chi connectivity index (χ2n) is 15.8. The van der Waals surface area contributed by atoms with E-state index in [1.807, 2.05) is 55.7 Å². The lowest BCUT2D eigenvalue weighted by Gasteiger charge is -2.41. The van der Waals surface area contributed by atoms with E-state index in [9.17, 15) is 51.4 Å². The predicted molar refractivity (Wildman–Crippen MR) is 223 cm³/mol. The number of carbonyl (C=O) groups is 7. The number of likely N-dealkylation sites (tertiary alicyclic amines) is 1. The number of ketones is 1. The van der Waals surface area contributed by atoms with Crippen LogP contribution >= 0.6 is 11.8 Å². The molecule has 22 heteroatoms. The van der Waals surface area contributed by atoms with Crippen molar-refractivity contribution in [3.63, 3.8) is 0 Å². The van der Waals surface area contributed by atoms with Crippen molar-refractivity contribution >= 4 is 53.1 Å². The maximum Gasteiger partial charge on any atom is 0.490 e. The number of hydrogen-bond donors (Lipinski definition) is 6. The van der Waals surface area contributed by atoms with Crippen LogP contribution in [0, 0.1) is 17.0 Å². The molecule has 0 bridgehead atoms. The van der Waals surface area contributed by atoms with E-state index in [0.29, 0.717) is 17.8 Å². The van der Waals surface area contributed by atoms with Crippen LogP contribution < -0.4 is 16.8 Å². The van der Waals surface area contributed by atoms with Crippen LogP contribution in [0.4, 0.5) is 22.0 Å². The van der Waals surface area contributed by atoms with E-state index in [1.165, 1.54) is 4.90 Å². The van der Waals surface area contributed by atoms with Gasteiger partial charge in [-0.2, -0.15) is 13.2 Å². The number of imide groups is 1. The number of carboxylic acids is 2. The predicted octanol–water partition coefficient (Wildman–Crippen LogP) is 3.48. The molecule has 1 aliphatic heterocycles. The van der Waals surface area contributed by atoms with Crippen molar-refractivity contribution in [1.82, 2.24) is 19.7 Å². The number of aliphatic hydroxyl groups is 1. The zero-order valence-corrected chi connectivity index (χ0v) is 36.0. The minimum atomic E-state index is -5.08. The molecule has 3 aromatic rings. The number of nitrogens with one attached hydrogen (secondary N) is 1. The fourth-order valence-corrected chi connectivity index (χ4v) is 7.75. The number of aliphatic hydroxyl groups excluding tert-OH is 1. The highest BCUT2D eigenvalue weighted by Gasteiger charge is 2.41. The molecule has 1 fully saturated rings. The molecule has 2 heterocycles. The zero-order chi connectivity index (χ0) is 48.1. The van der Waals surface area contributed by atoms with E-state index in [2.05, 4.69) is 5.32 Å². The maximum absolute atomic E-state index is 15.0. The van der Waals surface area contributed by atoms with Gasteiger partial charge in [-0.05, 0) is 48.1 Å². The summed E-state index contributed by atoms with van der Waals surface area (Å²) in [5, 5.41) is 28.0. The number of nitrogens with two attached hydrogens (primary N) is 2. The average Bonchev–Trinajstić information content (AvgIpc) is 3.74. The summed E-state index contributed by atoms with van der Waals surface area (Å²) in [4.78, 5) is 86.3. The third-order valence-corrected chi connectivity index (χ3v) is 11.1. The molecule has 2 aromatic carbocycles. The number of aliphatic carboxylic acids is 2. The molecule has 0 spiro atoms. The average molecular weight is 927 g/mol. The number of thioether (sulfide) groups is 1. The Morgan fingerprint density at radius 2 is 1.61 bits per heavy atom. The van der Waals surface area contributed by atoms with E-state index in [4.69, 9.17) is 26.5 Å². The number of alkyl halides is 3. The largest absolute Gasteiger partial charge is 0.490 e. The summed E-state index contributed by atoms with van der Waals surface area (Å²) in [5.41, 5.74) is 13.0. The molecule has 8 N–H and O–H groups in total. The molecule has 1 saturated heterocycles. The molecule has 2 unspecified atom stereocenters. The molecule has 1 aliphatic rings. The number of benzene rings is 2. The highest BCUT2D eigenvalue weighted by molar-refractivity contribution is 8.00. The molecule has 64 heavy (non-hydrogen) atoms. The van der Waals surface area contributed by atoms with E-state index in [1.54, 1.807) is 12.3 Å². The van der Waals surface area contributed by atoms with Gasteiger partial charge < -0.3 is 41.6 Å². The Morgan fingerprint density at radius 3 is 2.19 bits per heavy atom. The lowest BCUT2D eigenvalue weighted by atomic mass is 9.82. The third-order valence-electron chi connectivity index (χ3n) is 9.76. The molecule has 4 atom stereocenters. The van der Waals surface area contributed by atoms with Crippen molar-refractivity contribution in [2.45, 2.75) is 82.6 Å². The van der Waals surface area contributed by atoms with E-state index >= 15 is 4.39 Å². The molecule has 1 aromatic heterocycles. The molecule has 0 radical (unpaired) electrons. The van der Waals surface area contributed by atoms with Crippen molar-refractivity contribution in [2.75, 3.05) is 32.0 Å². The Hall–Kier alpha value is -5.71. The molecule has 0 saturated carbocycles. The van der Waals surface area contributed by atoms with Crippen LogP contribution in [0.2, 0.25) is 0 Å². The summed E-state index contributed by atoms with van der Waals surface area (Å²) in [6, 6.07) is 11.3. The van der Waals surface area contributed by atoms with Crippen LogP contribution in [-0.2, 0) is 40.1 Å². The molecule has 0 aliphatic carbocycles. The Labute approximate surface area is 369 Å². The van der Waals surface area contributed by atoms with Crippen LogP contribution in [0.3, 0.4) is 0 Å². The van der Waals surface area contributed by atoms with Crippen LogP contribution in [0.25, 0.3) is 11.1 Å². The monoisotopic (exact) mass is 926 g/mol. The number of hydrogen-bond acceptors (Lipinski definition) is 11. The Kier molecular flexibility index (Phi) is 19.2. The second-order valence-corrected chi connectivity index (χ2v) is 17.1. The number of aromatic nitrogens is 1. The molecule has 4 amide bonds. The first-order chi connectivity index (χ1) is 29.8. The normalized spacial score (nSPS) is 15.5. The van der Waals surface area contributed by atoms with Crippen molar-refractivity contribution in [1.29, 1.82) is 0 Å². The summed E-state index contributed by atoms with van der Waals surface area (Å²) in [6.45, 7) is 4.77.